The van der Waals surface area contributed by atoms with Gasteiger partial charge in [-0.15, -0.1) is 49.2 Å². The molecule has 0 radical (unpaired) electrons. The van der Waals surface area contributed by atoms with E-state index in [4.69, 9.17) is 8.37 Å². The molecule has 4 aromatic rings. The van der Waals surface area contributed by atoms with E-state index in [0.29, 0.717) is 0 Å². The molecule has 384 valence electrons. The molecule has 0 atom stereocenters. The molecule has 0 unspecified atom stereocenters. The predicted molar refractivity (Wildman–Crippen MR) is 273 cm³/mol. The van der Waals surface area contributed by atoms with E-state index in [1.807, 2.05) is 24.3 Å². The molecule has 0 N–H and O–H groups in total. The molecule has 0 bridgehead atoms. The summed E-state index contributed by atoms with van der Waals surface area (Å²) in [6, 6.07) is 19.9. The molecule has 6 rings (SSSR count). The van der Waals surface area contributed by atoms with Crippen LogP contribution >= 0.6 is 0 Å². The van der Waals surface area contributed by atoms with Gasteiger partial charge in [-0.05, 0) is 61.1 Å². The van der Waals surface area contributed by atoms with Crippen LogP contribution in [0, 0.1) is 47.6 Å². The predicted octanol–water partition coefficient (Wildman–Crippen LogP) is 16.6. The second kappa shape index (κ2) is 37.5. The van der Waals surface area contributed by atoms with Crippen molar-refractivity contribution < 1.29 is 64.5 Å². The first kappa shape index (κ1) is 62.9. The van der Waals surface area contributed by atoms with Crippen molar-refractivity contribution in [1.82, 2.24) is 0 Å². The van der Waals surface area contributed by atoms with E-state index in [1.165, 1.54) is 140 Å². The number of unbranched alkanes of at least 4 members (excludes halogenated alkanes) is 18. The van der Waals surface area contributed by atoms with Crippen molar-refractivity contribution in [3.63, 3.8) is 0 Å². The summed E-state index contributed by atoms with van der Waals surface area (Å²) in [7, 11) is -8.38. The molecular weight excluding hydrogens is 981 g/mol. The van der Waals surface area contributed by atoms with E-state index in [1.54, 1.807) is 36.4 Å². The molecule has 2 aliphatic rings. The Bertz CT molecular complexity index is 2210. The van der Waals surface area contributed by atoms with Gasteiger partial charge in [0.1, 0.15) is 9.79 Å². The van der Waals surface area contributed by atoms with Crippen LogP contribution in [-0.4, -0.2) is 16.8 Å². The first-order valence-corrected chi connectivity index (χ1v) is 27.9. The van der Waals surface area contributed by atoms with Gasteiger partial charge in [0.25, 0.3) is 0 Å². The second-order valence-corrected chi connectivity index (χ2v) is 20.3. The Morgan fingerprint density at radius 2 is 0.746 bits per heavy atom. The number of rotatable bonds is 28. The van der Waals surface area contributed by atoms with Gasteiger partial charge in [0, 0.05) is 11.6 Å². The minimum atomic E-state index is -4.19. The van der Waals surface area contributed by atoms with E-state index in [0.717, 1.165) is 73.9 Å². The molecule has 0 heterocycles. The molecule has 13 heteroatoms. The van der Waals surface area contributed by atoms with Crippen LogP contribution in [0.4, 0.5) is 17.6 Å². The van der Waals surface area contributed by atoms with Crippen LogP contribution in [0.1, 0.15) is 166 Å². The van der Waals surface area contributed by atoms with Crippen molar-refractivity contribution in [3.8, 4) is 11.5 Å². The fraction of sp³-hybridized carbons (Fsp3) is 0.448. The first-order chi connectivity index (χ1) is 33.8. The minimum absolute atomic E-state index is 0. The third-order valence-corrected chi connectivity index (χ3v) is 13.8. The van der Waals surface area contributed by atoms with E-state index < -0.39 is 55.0 Å². The van der Waals surface area contributed by atoms with Gasteiger partial charge in [-0.3, -0.25) is 12.2 Å². The number of aryl methyl sites for hydroxylation is 2. The Balaban J connectivity index is 0.000000399. The number of allylic oxidation sites excluding steroid dienone is 8. The third-order valence-electron chi connectivity index (χ3n) is 11.3. The van der Waals surface area contributed by atoms with Crippen molar-refractivity contribution in [1.29, 1.82) is 0 Å². The summed E-state index contributed by atoms with van der Waals surface area (Å²) >= 11 is 0. The number of halogens is 4. The maximum atomic E-state index is 13.6. The topological polar surface area (TPSA) is 86.7 Å². The molecule has 0 saturated carbocycles. The second-order valence-electron chi connectivity index (χ2n) is 17.2. The Morgan fingerprint density at radius 3 is 1.00 bits per heavy atom. The molecule has 0 spiro atoms. The van der Waals surface area contributed by atoms with Gasteiger partial charge in [0.15, 0.2) is 0 Å². The SMILES string of the molecule is CCCCCCCCCCCCc1ccc(S(=O)(=O)Oc2ccc(F)[c-]c2F)cc1.CCCCCCCCCCCCc1ccc(S(=O)(=O)Oc2ccc(F)[c-]c2F)cc1.[C-]1=CC=CC1.[C-]1=CC=CC1.[Ti+4]. The number of hydrogen-bond acceptors (Lipinski definition) is 6. The maximum absolute atomic E-state index is 13.6. The van der Waals surface area contributed by atoms with E-state index in [-0.39, 0.29) is 31.5 Å². The van der Waals surface area contributed by atoms with Gasteiger partial charge in [0.2, 0.25) is 0 Å². The molecule has 0 amide bonds. The van der Waals surface area contributed by atoms with Crippen molar-refractivity contribution in [2.45, 2.75) is 178 Å². The summed E-state index contributed by atoms with van der Waals surface area (Å²) in [4.78, 5) is -0.143. The van der Waals surface area contributed by atoms with E-state index in [9.17, 15) is 34.4 Å². The quantitative estimate of drug-likeness (QED) is 0.0185. The molecule has 0 saturated heterocycles. The average molecular weight is 1050 g/mol. The van der Waals surface area contributed by atoms with Crippen LogP contribution in [0.3, 0.4) is 0 Å². The van der Waals surface area contributed by atoms with Gasteiger partial charge < -0.3 is 8.37 Å². The van der Waals surface area contributed by atoms with Crippen molar-refractivity contribution in [3.05, 3.63) is 168 Å². The standard InChI is InChI=1S/2C24H31F2O3S.2C5H5.Ti/c2*1-2-3-4-5-6-7-8-9-10-11-12-20-13-16-22(17-14-20)30(27,28)29-24-18-15-21(25)19-23(24)26;2*1-2-4-5-3-1;/h2*13-18H,2-12H2,1H3;2*1-3H,4H2;/q4*-1;+4. The Morgan fingerprint density at radius 1 is 0.437 bits per heavy atom. The fourth-order valence-electron chi connectivity index (χ4n) is 7.28. The smallest absolute Gasteiger partial charge is 0.440 e. The van der Waals surface area contributed by atoms with Gasteiger partial charge in [0.05, 0.1) is 23.1 Å². The summed E-state index contributed by atoms with van der Waals surface area (Å²) in [5.74, 6) is -5.37. The summed E-state index contributed by atoms with van der Waals surface area (Å²) in [6.45, 7) is 4.46. The zero-order valence-corrected chi connectivity index (χ0v) is 44.8. The third kappa shape index (κ3) is 28.0. The molecule has 2 aliphatic carbocycles. The molecule has 0 aliphatic heterocycles. The fourth-order valence-corrected chi connectivity index (χ4v) is 9.14. The summed E-state index contributed by atoms with van der Waals surface area (Å²) < 4.78 is 112. The van der Waals surface area contributed by atoms with Gasteiger partial charge in [-0.1, -0.05) is 154 Å². The number of benzene rings is 4. The largest absolute Gasteiger partial charge is 4.00 e. The zero-order chi connectivity index (χ0) is 50.7. The Kier molecular flexibility index (Phi) is 33.2. The van der Waals surface area contributed by atoms with Crippen LogP contribution in [-0.2, 0) is 54.8 Å². The van der Waals surface area contributed by atoms with E-state index in [2.05, 4.69) is 38.2 Å². The first-order valence-electron chi connectivity index (χ1n) is 25.1. The van der Waals surface area contributed by atoms with Crippen LogP contribution in [0.2, 0.25) is 0 Å². The molecule has 71 heavy (non-hydrogen) atoms. The van der Waals surface area contributed by atoms with Crippen LogP contribution in [0.15, 0.2) is 119 Å². The summed E-state index contributed by atoms with van der Waals surface area (Å²) in [5, 5.41) is 0. The summed E-state index contributed by atoms with van der Waals surface area (Å²) in [6.07, 6.45) is 47.2. The van der Waals surface area contributed by atoms with Crippen molar-refractivity contribution in [2.24, 2.45) is 0 Å². The maximum Gasteiger partial charge on any atom is 4.00 e. The molecular formula is C58H72F4O6S2Ti. The van der Waals surface area contributed by atoms with Gasteiger partial charge >= 0.3 is 42.0 Å². The zero-order valence-electron chi connectivity index (χ0n) is 41.6. The molecule has 0 aromatic heterocycles. The molecule has 6 nitrogen and oxygen atoms in total. The average Bonchev–Trinajstić information content (AvgIpc) is 4.14. The van der Waals surface area contributed by atoms with Gasteiger partial charge in [-0.2, -0.15) is 29.0 Å². The molecule has 4 aromatic carbocycles. The van der Waals surface area contributed by atoms with Crippen LogP contribution < -0.4 is 8.37 Å². The summed E-state index contributed by atoms with van der Waals surface area (Å²) in [5.41, 5.74) is 2.10. The number of hydrogen-bond donors (Lipinski definition) is 0. The Hall–Kier alpha value is -4.23. The monoisotopic (exact) mass is 1050 g/mol. The normalized spacial score (nSPS) is 12.3. The van der Waals surface area contributed by atoms with Gasteiger partial charge in [-0.25, -0.2) is 41.9 Å². The van der Waals surface area contributed by atoms with Crippen LogP contribution in [0.5, 0.6) is 11.5 Å². The molecule has 0 fully saturated rings. The van der Waals surface area contributed by atoms with Crippen LogP contribution in [0.25, 0.3) is 0 Å². The van der Waals surface area contributed by atoms with Crippen molar-refractivity contribution in [2.75, 3.05) is 0 Å². The van der Waals surface area contributed by atoms with Crippen molar-refractivity contribution >= 4 is 20.2 Å². The van der Waals surface area contributed by atoms with E-state index >= 15 is 0 Å². The Labute approximate surface area is 439 Å². The minimum Gasteiger partial charge on any atom is -0.440 e.